The minimum absolute atomic E-state index is 0.0340. The molecule has 0 aliphatic rings. The molecule has 0 radical (unpaired) electrons. The molecule has 12 nitrogen and oxygen atoms in total. The summed E-state index contributed by atoms with van der Waals surface area (Å²) < 4.78 is 28.8. The minimum Gasteiger partial charge on any atom is -0.490 e. The van der Waals surface area contributed by atoms with E-state index in [2.05, 4.69) is 44.3 Å². The Labute approximate surface area is 271 Å². The van der Waals surface area contributed by atoms with Gasteiger partial charge in [-0.1, -0.05) is 32.0 Å². The summed E-state index contributed by atoms with van der Waals surface area (Å²) in [6.07, 6.45) is 0.657. The van der Waals surface area contributed by atoms with Crippen molar-refractivity contribution in [3.8, 4) is 34.0 Å². The van der Waals surface area contributed by atoms with Crippen molar-refractivity contribution in [2.45, 2.75) is 40.7 Å². The molecule has 0 saturated carbocycles. The van der Waals surface area contributed by atoms with Crippen LogP contribution >= 0.6 is 0 Å². The lowest BCUT2D eigenvalue weighted by Gasteiger charge is -2.28. The molecule has 0 amide bonds. The van der Waals surface area contributed by atoms with Crippen LogP contribution in [0.2, 0.25) is 0 Å². The van der Waals surface area contributed by atoms with Gasteiger partial charge in [-0.05, 0) is 80.2 Å². The maximum atomic E-state index is 16.4. The summed E-state index contributed by atoms with van der Waals surface area (Å²) in [4.78, 5) is 33.2. The number of rotatable bonds is 13. The number of hydrogen-bond acceptors (Lipinski definition) is 9. The highest BCUT2D eigenvalue weighted by atomic mass is 19.1. The molecule has 13 heteroatoms. The maximum absolute atomic E-state index is 16.4. The second kappa shape index (κ2) is 13.6. The number of aromatic nitrogens is 5. The van der Waals surface area contributed by atoms with Gasteiger partial charge in [0, 0.05) is 35.7 Å². The molecule has 246 valence electrons. The van der Waals surface area contributed by atoms with E-state index in [1.165, 1.54) is 12.1 Å². The van der Waals surface area contributed by atoms with E-state index in [9.17, 15) is 14.7 Å². The lowest BCUT2D eigenvalue weighted by Crippen LogP contribution is -2.33. The van der Waals surface area contributed by atoms with Crippen molar-refractivity contribution in [1.82, 2.24) is 29.8 Å². The number of H-pyrrole nitrogens is 1. The third-order valence-corrected chi connectivity index (χ3v) is 7.41. The molecule has 0 bridgehead atoms. The zero-order valence-electron chi connectivity index (χ0n) is 27.2. The second-order valence-corrected chi connectivity index (χ2v) is 12.4. The monoisotopic (exact) mass is 643 g/mol. The zero-order valence-corrected chi connectivity index (χ0v) is 27.2. The summed E-state index contributed by atoms with van der Waals surface area (Å²) >= 11 is 0. The van der Waals surface area contributed by atoms with Crippen LogP contribution in [0.15, 0.2) is 63.9 Å². The van der Waals surface area contributed by atoms with Gasteiger partial charge in [0.2, 0.25) is 11.7 Å². The summed E-state index contributed by atoms with van der Waals surface area (Å²) in [7, 11) is 3.98. The Balaban J connectivity index is 1.49. The Bertz CT molecular complexity index is 1960. The first-order chi connectivity index (χ1) is 22.3. The molecule has 3 aromatic carbocycles. The molecule has 0 unspecified atom stereocenters. The largest absolute Gasteiger partial charge is 0.490 e. The van der Waals surface area contributed by atoms with Crippen LogP contribution in [0.1, 0.15) is 48.4 Å². The molecule has 5 rings (SSSR count). The normalized spacial score (nSPS) is 11.7. The third-order valence-electron chi connectivity index (χ3n) is 7.41. The van der Waals surface area contributed by atoms with Gasteiger partial charge in [0.1, 0.15) is 0 Å². The molecule has 0 atom stereocenters. The maximum Gasteiger partial charge on any atom is 0.348 e. The quantitative estimate of drug-likeness (QED) is 0.149. The number of carboxylic acids is 1. The summed E-state index contributed by atoms with van der Waals surface area (Å²) in [6, 6.07) is 14.8. The number of aromatic amines is 1. The Hall–Kier alpha value is -5.30. The summed E-state index contributed by atoms with van der Waals surface area (Å²) in [6.45, 7) is 9.03. The van der Waals surface area contributed by atoms with Crippen LogP contribution in [-0.4, -0.2) is 68.1 Å². The average Bonchev–Trinajstić information content (AvgIpc) is 3.63. The van der Waals surface area contributed by atoms with Gasteiger partial charge in [-0.3, -0.25) is 4.98 Å². The van der Waals surface area contributed by atoms with Gasteiger partial charge in [0.25, 0.3) is 0 Å². The topological polar surface area (TPSA) is 151 Å². The molecule has 0 fully saturated rings. The number of aryl methyl sites for hydroxylation is 2. The fraction of sp³-hybridized carbons (Fsp3) is 0.324. The van der Waals surface area contributed by atoms with Crippen molar-refractivity contribution in [1.29, 1.82) is 0 Å². The van der Waals surface area contributed by atoms with E-state index in [1.54, 1.807) is 49.4 Å². The molecule has 0 aliphatic heterocycles. The van der Waals surface area contributed by atoms with E-state index in [4.69, 9.17) is 9.26 Å². The molecular weight excluding hydrogens is 605 g/mol. The van der Waals surface area contributed by atoms with Crippen LogP contribution in [-0.2, 0) is 13.0 Å². The molecular formula is C34H38FN7O5. The smallest absolute Gasteiger partial charge is 0.348 e. The average molecular weight is 644 g/mol. The number of aromatic carboxylic acids is 1. The van der Waals surface area contributed by atoms with Gasteiger partial charge in [-0.25, -0.2) is 14.0 Å². The highest BCUT2D eigenvalue weighted by Crippen LogP contribution is 2.38. The fourth-order valence-electron chi connectivity index (χ4n) is 5.39. The van der Waals surface area contributed by atoms with E-state index in [-0.39, 0.29) is 23.3 Å². The standard InChI is InChI=1S/C34H38FN7O5/c1-7-21-13-27(30(35)28(14-21)46-19-34(3,4)18-41(5)6)26-16-23(11-12-25(26)31-37-20(2)47-40-31)36-17-29-38-33(45)42(39-29)24-10-8-9-22(15-24)32(43)44/h8-16,36H,7,17-19H2,1-6H3,(H,43,44)(H,38,39,45). The van der Waals surface area contributed by atoms with Gasteiger partial charge in [-0.15, -0.1) is 5.10 Å². The van der Waals surface area contributed by atoms with Gasteiger partial charge < -0.3 is 24.6 Å². The number of carbonyl (C=O) groups is 1. The van der Waals surface area contributed by atoms with Crippen molar-refractivity contribution >= 4 is 11.7 Å². The number of nitrogens with zero attached hydrogens (tertiary/aromatic N) is 5. The molecule has 2 heterocycles. The first kappa shape index (κ1) is 33.1. The van der Waals surface area contributed by atoms with Crippen LogP contribution < -0.4 is 15.7 Å². The van der Waals surface area contributed by atoms with Crippen LogP contribution in [0, 0.1) is 18.2 Å². The zero-order chi connectivity index (χ0) is 33.9. The summed E-state index contributed by atoms with van der Waals surface area (Å²) in [5.41, 5.74) is 2.52. The van der Waals surface area contributed by atoms with E-state index >= 15 is 4.39 Å². The molecule has 0 spiro atoms. The first-order valence-electron chi connectivity index (χ1n) is 15.1. The summed E-state index contributed by atoms with van der Waals surface area (Å²) in [5, 5.41) is 21.0. The Morgan fingerprint density at radius 1 is 1.13 bits per heavy atom. The number of benzene rings is 3. The Morgan fingerprint density at radius 3 is 2.60 bits per heavy atom. The number of hydrogen-bond donors (Lipinski definition) is 3. The number of carboxylic acid groups (broad SMARTS) is 1. The second-order valence-electron chi connectivity index (χ2n) is 12.4. The number of anilines is 1. The van der Waals surface area contributed by atoms with Crippen LogP contribution in [0.3, 0.4) is 0 Å². The van der Waals surface area contributed by atoms with E-state index < -0.39 is 17.5 Å². The number of nitrogens with one attached hydrogen (secondary N) is 2. The van der Waals surface area contributed by atoms with Gasteiger partial charge in [-0.2, -0.15) is 9.67 Å². The highest BCUT2D eigenvalue weighted by molar-refractivity contribution is 5.88. The van der Waals surface area contributed by atoms with E-state index in [0.29, 0.717) is 58.6 Å². The van der Waals surface area contributed by atoms with Crippen LogP contribution in [0.4, 0.5) is 10.1 Å². The van der Waals surface area contributed by atoms with Gasteiger partial charge in [0.15, 0.2) is 17.4 Å². The molecule has 5 aromatic rings. The third kappa shape index (κ3) is 7.75. The molecule has 3 N–H and O–H groups in total. The first-order valence-corrected chi connectivity index (χ1v) is 15.1. The van der Waals surface area contributed by atoms with Crippen LogP contribution in [0.25, 0.3) is 28.2 Å². The predicted molar refractivity (Wildman–Crippen MR) is 176 cm³/mol. The highest BCUT2D eigenvalue weighted by Gasteiger charge is 2.24. The molecule has 0 aliphatic carbocycles. The van der Waals surface area contributed by atoms with Crippen molar-refractivity contribution in [3.63, 3.8) is 0 Å². The van der Waals surface area contributed by atoms with Crippen molar-refractivity contribution in [3.05, 3.63) is 93.7 Å². The minimum atomic E-state index is -1.11. The lowest BCUT2D eigenvalue weighted by molar-refractivity contribution is 0.0696. The van der Waals surface area contributed by atoms with Crippen molar-refractivity contribution in [2.24, 2.45) is 5.41 Å². The van der Waals surface area contributed by atoms with Crippen molar-refractivity contribution < 1.29 is 23.6 Å². The Kier molecular flexibility index (Phi) is 9.56. The molecule has 47 heavy (non-hydrogen) atoms. The SMILES string of the molecule is CCc1cc(OCC(C)(C)CN(C)C)c(F)c(-c2cc(NCc3nn(-c4cccc(C(=O)O)c4)c(=O)[nH]3)ccc2-c2noc(C)n2)c1. The van der Waals surface area contributed by atoms with E-state index in [1.807, 2.05) is 21.0 Å². The predicted octanol–water partition coefficient (Wildman–Crippen LogP) is 5.56. The van der Waals surface area contributed by atoms with Gasteiger partial charge >= 0.3 is 11.7 Å². The Morgan fingerprint density at radius 2 is 1.91 bits per heavy atom. The van der Waals surface area contributed by atoms with Gasteiger partial charge in [0.05, 0.1) is 24.4 Å². The van der Waals surface area contributed by atoms with Crippen molar-refractivity contribution in [2.75, 3.05) is 32.6 Å². The van der Waals surface area contributed by atoms with Crippen LogP contribution in [0.5, 0.6) is 5.75 Å². The van der Waals surface area contributed by atoms with E-state index in [0.717, 1.165) is 16.8 Å². The molecule has 2 aromatic heterocycles. The number of ether oxygens (including phenoxy) is 1. The summed E-state index contributed by atoms with van der Waals surface area (Å²) in [5.74, 6) is -0.461. The lowest BCUT2D eigenvalue weighted by atomic mass is 9.93. The fourth-order valence-corrected chi connectivity index (χ4v) is 5.39. The number of halogens is 1. The molecule has 0 saturated heterocycles.